The molecular weight excluding hydrogens is 300 g/mol. The average Bonchev–Trinajstić information content (AvgIpc) is 2.77. The number of carbonyl (C=O) groups excluding carboxylic acids is 2. The summed E-state index contributed by atoms with van der Waals surface area (Å²) in [5.74, 6) is 0.0298. The van der Waals surface area contributed by atoms with E-state index in [4.69, 9.17) is 0 Å². The third-order valence-electron chi connectivity index (χ3n) is 4.81. The Morgan fingerprint density at radius 3 is 2.38 bits per heavy atom. The Morgan fingerprint density at radius 2 is 1.79 bits per heavy atom. The molecule has 2 amide bonds. The van der Waals surface area contributed by atoms with Gasteiger partial charge in [-0.2, -0.15) is 0 Å². The van der Waals surface area contributed by atoms with E-state index in [9.17, 15) is 9.59 Å². The molecule has 0 aliphatic heterocycles. The van der Waals surface area contributed by atoms with Gasteiger partial charge in [-0.1, -0.05) is 43.4 Å². The van der Waals surface area contributed by atoms with E-state index in [0.717, 1.165) is 24.1 Å². The van der Waals surface area contributed by atoms with Crippen molar-refractivity contribution in [2.24, 2.45) is 0 Å². The molecule has 1 aliphatic rings. The van der Waals surface area contributed by atoms with Crippen LogP contribution in [0, 0.1) is 13.8 Å². The molecule has 0 saturated heterocycles. The predicted octanol–water partition coefficient (Wildman–Crippen LogP) is 3.89. The minimum Gasteiger partial charge on any atom is -0.353 e. The number of nitrogens with zero attached hydrogens (tertiary/aromatic N) is 1. The summed E-state index contributed by atoms with van der Waals surface area (Å²) >= 11 is 0. The van der Waals surface area contributed by atoms with Crippen molar-refractivity contribution in [3.05, 3.63) is 29.3 Å². The van der Waals surface area contributed by atoms with Crippen molar-refractivity contribution in [3.63, 3.8) is 0 Å². The van der Waals surface area contributed by atoms with Gasteiger partial charge in [-0.25, -0.2) is 0 Å². The summed E-state index contributed by atoms with van der Waals surface area (Å²) in [5, 5.41) is 3.15. The van der Waals surface area contributed by atoms with Gasteiger partial charge in [0.1, 0.15) is 0 Å². The van der Waals surface area contributed by atoms with Gasteiger partial charge in [-0.15, -0.1) is 0 Å². The first kappa shape index (κ1) is 18.5. The minimum atomic E-state index is -0.0239. The zero-order chi connectivity index (χ0) is 17.5. The predicted molar refractivity (Wildman–Crippen MR) is 98.2 cm³/mol. The molecule has 24 heavy (non-hydrogen) atoms. The molecule has 0 unspecified atom stereocenters. The van der Waals surface area contributed by atoms with Gasteiger partial charge in [0, 0.05) is 31.6 Å². The fraction of sp³-hybridized carbons (Fsp3) is 0.600. The van der Waals surface area contributed by atoms with E-state index in [2.05, 4.69) is 11.4 Å². The van der Waals surface area contributed by atoms with E-state index < -0.39 is 0 Å². The van der Waals surface area contributed by atoms with Crippen molar-refractivity contribution in [2.45, 2.75) is 71.8 Å². The van der Waals surface area contributed by atoms with Gasteiger partial charge < -0.3 is 10.2 Å². The van der Waals surface area contributed by atoms with Crippen LogP contribution in [0.25, 0.3) is 0 Å². The zero-order valence-corrected chi connectivity index (χ0v) is 15.2. The van der Waals surface area contributed by atoms with Gasteiger partial charge in [-0.05, 0) is 38.3 Å². The number of amides is 2. The molecule has 1 aliphatic carbocycles. The third kappa shape index (κ3) is 5.36. The average molecular weight is 330 g/mol. The molecule has 1 aromatic carbocycles. The molecular formula is C20H30N2O2. The zero-order valence-electron chi connectivity index (χ0n) is 15.2. The van der Waals surface area contributed by atoms with Crippen molar-refractivity contribution in [3.8, 4) is 0 Å². The highest BCUT2D eigenvalue weighted by atomic mass is 16.2. The molecule has 4 nitrogen and oxygen atoms in total. The molecule has 0 heterocycles. The molecule has 2 rings (SSSR count). The molecule has 1 saturated carbocycles. The van der Waals surface area contributed by atoms with E-state index >= 15 is 0 Å². The highest BCUT2D eigenvalue weighted by molar-refractivity contribution is 5.93. The highest BCUT2D eigenvalue weighted by Gasteiger charge is 2.18. The molecule has 132 valence electrons. The van der Waals surface area contributed by atoms with Crippen LogP contribution in [0.3, 0.4) is 0 Å². The van der Waals surface area contributed by atoms with Crippen molar-refractivity contribution in [1.82, 2.24) is 5.32 Å². The molecule has 1 fully saturated rings. The number of aryl methyl sites for hydroxylation is 2. The van der Waals surface area contributed by atoms with Crippen LogP contribution >= 0.6 is 0 Å². The Kier molecular flexibility index (Phi) is 6.83. The maximum atomic E-state index is 12.3. The third-order valence-corrected chi connectivity index (χ3v) is 4.81. The summed E-state index contributed by atoms with van der Waals surface area (Å²) in [6.07, 6.45) is 7.47. The van der Waals surface area contributed by atoms with E-state index in [0.29, 0.717) is 19.0 Å². The monoisotopic (exact) mass is 330 g/mol. The van der Waals surface area contributed by atoms with Gasteiger partial charge in [0.05, 0.1) is 0 Å². The molecule has 1 aromatic rings. The molecule has 0 spiro atoms. The van der Waals surface area contributed by atoms with Gasteiger partial charge in [0.2, 0.25) is 11.8 Å². The normalized spacial score (nSPS) is 15.6. The number of hydrogen-bond donors (Lipinski definition) is 1. The van der Waals surface area contributed by atoms with Crippen LogP contribution in [0.15, 0.2) is 18.2 Å². The van der Waals surface area contributed by atoms with E-state index in [-0.39, 0.29) is 11.8 Å². The topological polar surface area (TPSA) is 49.4 Å². The van der Waals surface area contributed by atoms with Crippen LogP contribution in [0.2, 0.25) is 0 Å². The summed E-state index contributed by atoms with van der Waals surface area (Å²) < 4.78 is 0. The molecule has 0 radical (unpaired) electrons. The largest absolute Gasteiger partial charge is 0.353 e. The lowest BCUT2D eigenvalue weighted by atomic mass is 10.1. The van der Waals surface area contributed by atoms with Crippen molar-refractivity contribution in [1.29, 1.82) is 0 Å². The molecule has 1 N–H and O–H groups in total. The van der Waals surface area contributed by atoms with E-state index in [1.807, 2.05) is 26.0 Å². The van der Waals surface area contributed by atoms with Crippen LogP contribution < -0.4 is 10.2 Å². The fourth-order valence-electron chi connectivity index (χ4n) is 3.49. The maximum absolute atomic E-state index is 12.3. The summed E-state index contributed by atoms with van der Waals surface area (Å²) in [7, 11) is 0. The van der Waals surface area contributed by atoms with E-state index in [1.165, 1.54) is 31.2 Å². The van der Waals surface area contributed by atoms with Gasteiger partial charge in [-0.3, -0.25) is 9.59 Å². The minimum absolute atomic E-state index is 0.0239. The smallest absolute Gasteiger partial charge is 0.223 e. The lowest BCUT2D eigenvalue weighted by Gasteiger charge is -2.24. The number of nitrogens with one attached hydrogen (secondary N) is 1. The maximum Gasteiger partial charge on any atom is 0.223 e. The fourth-order valence-corrected chi connectivity index (χ4v) is 3.49. The number of carbonyl (C=O) groups is 2. The Bertz CT molecular complexity index is 575. The van der Waals surface area contributed by atoms with Crippen LogP contribution in [0.4, 0.5) is 5.69 Å². The van der Waals surface area contributed by atoms with E-state index in [1.54, 1.807) is 11.8 Å². The molecule has 0 bridgehead atoms. The second-order valence-electron chi connectivity index (χ2n) is 6.97. The molecule has 0 atom stereocenters. The second kappa shape index (κ2) is 8.86. The van der Waals surface area contributed by atoms with Crippen LogP contribution in [0.5, 0.6) is 0 Å². The standard InChI is InChI=1S/C20H30N2O2/c1-15-10-11-19(16(2)14-15)22(17(3)23)13-12-20(24)21-18-8-6-4-5-7-9-18/h10-11,14,18H,4-9,12-13H2,1-3H3,(H,21,24). The quantitative estimate of drug-likeness (QED) is 0.833. The lowest BCUT2D eigenvalue weighted by Crippen LogP contribution is -2.38. The Labute approximate surface area is 145 Å². The Hall–Kier alpha value is -1.84. The number of rotatable bonds is 5. The number of hydrogen-bond acceptors (Lipinski definition) is 2. The number of benzene rings is 1. The summed E-state index contributed by atoms with van der Waals surface area (Å²) in [6, 6.07) is 6.35. The SMILES string of the molecule is CC(=O)N(CCC(=O)NC1CCCCCC1)c1ccc(C)cc1C. The van der Waals surface area contributed by atoms with Crippen LogP contribution in [0.1, 0.15) is 63.0 Å². The second-order valence-corrected chi connectivity index (χ2v) is 6.97. The number of anilines is 1. The van der Waals surface area contributed by atoms with Gasteiger partial charge in [0.25, 0.3) is 0 Å². The van der Waals surface area contributed by atoms with Gasteiger partial charge in [0.15, 0.2) is 0 Å². The first-order chi connectivity index (χ1) is 11.5. The Balaban J connectivity index is 1.93. The van der Waals surface area contributed by atoms with Gasteiger partial charge >= 0.3 is 0 Å². The lowest BCUT2D eigenvalue weighted by molar-refractivity contribution is -0.121. The Morgan fingerprint density at radius 1 is 1.12 bits per heavy atom. The van der Waals surface area contributed by atoms with Crippen LogP contribution in [-0.2, 0) is 9.59 Å². The molecule has 4 heteroatoms. The summed E-state index contributed by atoms with van der Waals surface area (Å²) in [6.45, 7) is 6.03. The van der Waals surface area contributed by atoms with Crippen molar-refractivity contribution < 1.29 is 9.59 Å². The first-order valence-electron chi connectivity index (χ1n) is 9.12. The van der Waals surface area contributed by atoms with Crippen molar-refractivity contribution >= 4 is 17.5 Å². The first-order valence-corrected chi connectivity index (χ1v) is 9.12. The van der Waals surface area contributed by atoms with Crippen LogP contribution in [-0.4, -0.2) is 24.4 Å². The highest BCUT2D eigenvalue weighted by Crippen LogP contribution is 2.22. The van der Waals surface area contributed by atoms with Crippen molar-refractivity contribution in [2.75, 3.05) is 11.4 Å². The summed E-state index contributed by atoms with van der Waals surface area (Å²) in [5.41, 5.74) is 3.13. The molecule has 0 aromatic heterocycles. The summed E-state index contributed by atoms with van der Waals surface area (Å²) in [4.78, 5) is 26.0.